The molecule has 1 N–H and O–H groups in total. The van der Waals surface area contributed by atoms with Crippen LogP contribution in [0.4, 0.5) is 11.5 Å². The first-order valence-corrected chi connectivity index (χ1v) is 8.74. The highest BCUT2D eigenvalue weighted by Crippen LogP contribution is 2.16. The second-order valence-electron chi connectivity index (χ2n) is 6.51. The van der Waals surface area contributed by atoms with Gasteiger partial charge in [-0.15, -0.1) is 0 Å². The van der Waals surface area contributed by atoms with Crippen molar-refractivity contribution in [2.24, 2.45) is 0 Å². The molecule has 6 heteroatoms. The summed E-state index contributed by atoms with van der Waals surface area (Å²) in [6.07, 6.45) is 3.25. The molecule has 2 aromatic rings. The minimum absolute atomic E-state index is 0.236. The zero-order valence-electron chi connectivity index (χ0n) is 15.1. The standard InChI is InChI=1S/C19H25N5O/c1-4-23-5-7-24(8-6-23)18-13-20-17(12-21-18)19(25)22-16-10-14(2)9-15(3)11-16/h9-13H,4-8H2,1-3H3,(H,22,25). The quantitative estimate of drug-likeness (QED) is 0.927. The van der Waals surface area contributed by atoms with Gasteiger partial charge in [-0.05, 0) is 43.7 Å². The predicted octanol–water partition coefficient (Wildman–Crippen LogP) is 2.49. The van der Waals surface area contributed by atoms with Crippen LogP contribution in [-0.4, -0.2) is 53.5 Å². The molecule has 0 saturated carbocycles. The summed E-state index contributed by atoms with van der Waals surface area (Å²) in [5.41, 5.74) is 3.34. The Balaban J connectivity index is 1.64. The fourth-order valence-electron chi connectivity index (χ4n) is 3.14. The van der Waals surface area contributed by atoms with Crippen molar-refractivity contribution in [2.45, 2.75) is 20.8 Å². The SMILES string of the molecule is CCN1CCN(c2cnc(C(=O)Nc3cc(C)cc(C)c3)cn2)CC1. The molecule has 1 amide bonds. The Morgan fingerprint density at radius 1 is 1.04 bits per heavy atom. The summed E-state index contributed by atoms with van der Waals surface area (Å²) in [7, 11) is 0. The van der Waals surface area contributed by atoms with Gasteiger partial charge in [-0.3, -0.25) is 4.79 Å². The van der Waals surface area contributed by atoms with E-state index in [1.54, 1.807) is 12.4 Å². The van der Waals surface area contributed by atoms with Crippen LogP contribution in [0.3, 0.4) is 0 Å². The number of hydrogen-bond acceptors (Lipinski definition) is 5. The molecular formula is C19H25N5O. The highest BCUT2D eigenvalue weighted by atomic mass is 16.1. The summed E-state index contributed by atoms with van der Waals surface area (Å²) < 4.78 is 0. The third-order valence-corrected chi connectivity index (χ3v) is 4.49. The maximum Gasteiger partial charge on any atom is 0.275 e. The van der Waals surface area contributed by atoms with Gasteiger partial charge in [0.1, 0.15) is 11.5 Å². The number of nitrogens with one attached hydrogen (secondary N) is 1. The van der Waals surface area contributed by atoms with E-state index < -0.39 is 0 Å². The molecule has 132 valence electrons. The highest BCUT2D eigenvalue weighted by molar-refractivity contribution is 6.02. The lowest BCUT2D eigenvalue weighted by Gasteiger charge is -2.34. The largest absolute Gasteiger partial charge is 0.353 e. The molecule has 0 spiro atoms. The van der Waals surface area contributed by atoms with E-state index in [0.29, 0.717) is 5.69 Å². The van der Waals surface area contributed by atoms with Crippen molar-refractivity contribution in [3.05, 3.63) is 47.4 Å². The van der Waals surface area contributed by atoms with Gasteiger partial charge >= 0.3 is 0 Å². The predicted molar refractivity (Wildman–Crippen MR) is 100 cm³/mol. The van der Waals surface area contributed by atoms with Crippen LogP contribution in [0.1, 0.15) is 28.5 Å². The topological polar surface area (TPSA) is 61.4 Å². The molecule has 1 aliphatic heterocycles. The lowest BCUT2D eigenvalue weighted by atomic mass is 10.1. The Kier molecular flexibility index (Phi) is 5.28. The molecule has 1 fully saturated rings. The van der Waals surface area contributed by atoms with E-state index in [1.165, 1.54) is 0 Å². The maximum absolute atomic E-state index is 12.4. The fourth-order valence-corrected chi connectivity index (χ4v) is 3.14. The van der Waals surface area contributed by atoms with Gasteiger partial charge in [0.2, 0.25) is 0 Å². The molecule has 3 rings (SSSR count). The van der Waals surface area contributed by atoms with Crippen molar-refractivity contribution in [3.8, 4) is 0 Å². The first-order chi connectivity index (χ1) is 12.0. The molecule has 1 aliphatic rings. The van der Waals surface area contributed by atoms with Crippen LogP contribution < -0.4 is 10.2 Å². The number of aryl methyl sites for hydroxylation is 2. The van der Waals surface area contributed by atoms with Crippen LogP contribution in [0.15, 0.2) is 30.6 Å². The summed E-state index contributed by atoms with van der Waals surface area (Å²) in [6.45, 7) is 11.2. The second-order valence-corrected chi connectivity index (χ2v) is 6.51. The third kappa shape index (κ3) is 4.33. The lowest BCUT2D eigenvalue weighted by Crippen LogP contribution is -2.46. The molecule has 6 nitrogen and oxygen atoms in total. The number of hydrogen-bond donors (Lipinski definition) is 1. The molecular weight excluding hydrogens is 314 g/mol. The third-order valence-electron chi connectivity index (χ3n) is 4.49. The maximum atomic E-state index is 12.4. The molecule has 1 aromatic carbocycles. The Hall–Kier alpha value is -2.47. The van der Waals surface area contributed by atoms with Gasteiger partial charge in [-0.2, -0.15) is 0 Å². The first kappa shape index (κ1) is 17.4. The van der Waals surface area contributed by atoms with Crippen LogP contribution in [0.5, 0.6) is 0 Å². The van der Waals surface area contributed by atoms with Crippen molar-refractivity contribution in [2.75, 3.05) is 42.9 Å². The molecule has 2 heterocycles. The summed E-state index contributed by atoms with van der Waals surface area (Å²) in [5.74, 6) is 0.596. The number of aromatic nitrogens is 2. The van der Waals surface area contributed by atoms with E-state index in [-0.39, 0.29) is 5.91 Å². The van der Waals surface area contributed by atoms with E-state index in [1.807, 2.05) is 26.0 Å². The van der Waals surface area contributed by atoms with E-state index in [9.17, 15) is 4.79 Å². The Bertz CT molecular complexity index is 716. The molecule has 0 atom stereocenters. The zero-order valence-corrected chi connectivity index (χ0v) is 15.1. The summed E-state index contributed by atoms with van der Waals surface area (Å²) in [5, 5.41) is 2.89. The van der Waals surface area contributed by atoms with Crippen LogP contribution in [0.2, 0.25) is 0 Å². The van der Waals surface area contributed by atoms with Gasteiger partial charge in [-0.25, -0.2) is 9.97 Å². The van der Waals surface area contributed by atoms with E-state index >= 15 is 0 Å². The second kappa shape index (κ2) is 7.61. The van der Waals surface area contributed by atoms with Gasteiger partial charge in [-0.1, -0.05) is 13.0 Å². The van der Waals surface area contributed by atoms with Gasteiger partial charge in [0.25, 0.3) is 5.91 Å². The number of nitrogens with zero attached hydrogens (tertiary/aromatic N) is 4. The minimum Gasteiger partial charge on any atom is -0.353 e. The monoisotopic (exact) mass is 339 g/mol. The van der Waals surface area contributed by atoms with Crippen molar-refractivity contribution in [3.63, 3.8) is 0 Å². The normalized spacial score (nSPS) is 15.2. The van der Waals surface area contributed by atoms with Crippen molar-refractivity contribution < 1.29 is 4.79 Å². The highest BCUT2D eigenvalue weighted by Gasteiger charge is 2.17. The van der Waals surface area contributed by atoms with Gasteiger partial charge < -0.3 is 15.1 Å². The molecule has 25 heavy (non-hydrogen) atoms. The van der Waals surface area contributed by atoms with Crippen LogP contribution in [0, 0.1) is 13.8 Å². The van der Waals surface area contributed by atoms with Crippen LogP contribution >= 0.6 is 0 Å². The van der Waals surface area contributed by atoms with Crippen molar-refractivity contribution in [1.29, 1.82) is 0 Å². The van der Waals surface area contributed by atoms with Gasteiger partial charge in [0.05, 0.1) is 12.4 Å². The smallest absolute Gasteiger partial charge is 0.275 e. The number of amides is 1. The number of likely N-dealkylation sites (N-methyl/N-ethyl adjacent to an activating group) is 1. The Morgan fingerprint density at radius 2 is 1.72 bits per heavy atom. The molecule has 0 bridgehead atoms. The van der Waals surface area contributed by atoms with Crippen LogP contribution in [-0.2, 0) is 0 Å². The number of piperazine rings is 1. The number of benzene rings is 1. The summed E-state index contributed by atoms with van der Waals surface area (Å²) >= 11 is 0. The Labute approximate surface area is 148 Å². The molecule has 0 radical (unpaired) electrons. The minimum atomic E-state index is -0.236. The number of rotatable bonds is 4. The molecule has 1 saturated heterocycles. The van der Waals surface area contributed by atoms with Crippen LogP contribution in [0.25, 0.3) is 0 Å². The summed E-state index contributed by atoms with van der Waals surface area (Å²) in [4.78, 5) is 25.7. The first-order valence-electron chi connectivity index (χ1n) is 8.74. The van der Waals surface area contributed by atoms with E-state index in [2.05, 4.69) is 38.1 Å². The number of carbonyl (C=O) groups is 1. The van der Waals surface area contributed by atoms with Gasteiger partial charge in [0, 0.05) is 31.9 Å². The number of carbonyl (C=O) groups excluding carboxylic acids is 1. The fraction of sp³-hybridized carbons (Fsp3) is 0.421. The van der Waals surface area contributed by atoms with Crippen molar-refractivity contribution >= 4 is 17.4 Å². The average molecular weight is 339 g/mol. The van der Waals surface area contributed by atoms with Gasteiger partial charge in [0.15, 0.2) is 0 Å². The Morgan fingerprint density at radius 3 is 2.28 bits per heavy atom. The zero-order chi connectivity index (χ0) is 17.8. The molecule has 0 unspecified atom stereocenters. The molecule has 1 aromatic heterocycles. The van der Waals surface area contributed by atoms with E-state index in [0.717, 1.165) is 55.4 Å². The number of anilines is 2. The van der Waals surface area contributed by atoms with Crippen molar-refractivity contribution in [1.82, 2.24) is 14.9 Å². The summed E-state index contributed by atoms with van der Waals surface area (Å²) in [6, 6.07) is 5.96. The molecule has 0 aliphatic carbocycles. The lowest BCUT2D eigenvalue weighted by molar-refractivity contribution is 0.102. The van der Waals surface area contributed by atoms with E-state index in [4.69, 9.17) is 0 Å². The average Bonchev–Trinajstić information content (AvgIpc) is 2.61.